The number of ether oxygens (including phenoxy) is 3. The van der Waals surface area contributed by atoms with Crippen molar-refractivity contribution in [2.24, 2.45) is 23.2 Å². The van der Waals surface area contributed by atoms with Crippen LogP contribution in [0.2, 0.25) is 0 Å². The molecule has 2 saturated heterocycles. The van der Waals surface area contributed by atoms with E-state index in [9.17, 15) is 30.3 Å². The Morgan fingerprint density at radius 1 is 1.20 bits per heavy atom. The molecule has 30 heavy (non-hydrogen) atoms. The molecule has 9 heteroatoms. The Morgan fingerprint density at radius 2 is 1.90 bits per heavy atom. The first kappa shape index (κ1) is 22.1. The molecule has 0 amide bonds. The maximum absolute atomic E-state index is 12.1. The molecule has 4 fully saturated rings. The highest BCUT2D eigenvalue weighted by atomic mass is 16.7. The molecule has 5 N–H and O–H groups in total. The summed E-state index contributed by atoms with van der Waals surface area (Å²) < 4.78 is 17.3. The van der Waals surface area contributed by atoms with Gasteiger partial charge < -0.3 is 39.7 Å². The molecule has 0 spiro atoms. The first-order chi connectivity index (χ1) is 14.1. The van der Waals surface area contributed by atoms with Gasteiger partial charge in [0.05, 0.1) is 18.8 Å². The highest BCUT2D eigenvalue weighted by molar-refractivity contribution is 5.90. The van der Waals surface area contributed by atoms with E-state index in [-0.39, 0.29) is 24.2 Å². The Bertz CT molecular complexity index is 696. The van der Waals surface area contributed by atoms with E-state index in [1.54, 1.807) is 0 Å². The Hall–Kier alpha value is -1.07. The van der Waals surface area contributed by atoms with Gasteiger partial charge in [-0.2, -0.15) is 0 Å². The molecule has 0 radical (unpaired) electrons. The van der Waals surface area contributed by atoms with E-state index in [2.05, 4.69) is 6.58 Å². The molecule has 0 bridgehead atoms. The molecule has 4 rings (SSSR count). The fourth-order valence-corrected chi connectivity index (χ4v) is 6.07. The van der Waals surface area contributed by atoms with Gasteiger partial charge in [-0.1, -0.05) is 20.4 Å². The maximum atomic E-state index is 12.1. The van der Waals surface area contributed by atoms with Gasteiger partial charge in [-0.05, 0) is 18.8 Å². The average Bonchev–Trinajstić information content (AvgIpc) is 2.99. The van der Waals surface area contributed by atoms with Crippen LogP contribution in [-0.2, 0) is 19.0 Å². The molecule has 0 aromatic heterocycles. The van der Waals surface area contributed by atoms with Crippen molar-refractivity contribution in [3.8, 4) is 0 Å². The van der Waals surface area contributed by atoms with Crippen LogP contribution in [0.5, 0.6) is 0 Å². The summed E-state index contributed by atoms with van der Waals surface area (Å²) in [5.41, 5.74) is -0.00973. The summed E-state index contributed by atoms with van der Waals surface area (Å²) in [6.45, 7) is 7.31. The van der Waals surface area contributed by atoms with E-state index in [0.29, 0.717) is 18.4 Å². The molecule has 2 aliphatic heterocycles. The van der Waals surface area contributed by atoms with E-state index in [1.807, 2.05) is 13.8 Å². The van der Waals surface area contributed by atoms with E-state index in [4.69, 9.17) is 14.2 Å². The summed E-state index contributed by atoms with van der Waals surface area (Å²) in [6, 6.07) is 0. The second-order valence-electron chi connectivity index (χ2n) is 9.56. The third-order valence-electron chi connectivity index (χ3n) is 7.97. The monoisotopic (exact) mass is 428 g/mol. The number of carbonyl (C=O) groups is 1. The lowest BCUT2D eigenvalue weighted by atomic mass is 9.52. The maximum Gasteiger partial charge on any atom is 0.334 e. The van der Waals surface area contributed by atoms with Gasteiger partial charge in [-0.25, -0.2) is 4.79 Å². The first-order valence-corrected chi connectivity index (χ1v) is 10.6. The molecule has 2 aliphatic carbocycles. The number of carbonyl (C=O) groups excluding carboxylic acids is 1. The van der Waals surface area contributed by atoms with Crippen LogP contribution in [0.3, 0.4) is 0 Å². The van der Waals surface area contributed by atoms with Crippen molar-refractivity contribution in [3.63, 3.8) is 0 Å². The van der Waals surface area contributed by atoms with Crippen molar-refractivity contribution in [2.45, 2.75) is 82.1 Å². The highest BCUT2D eigenvalue weighted by Gasteiger charge is 2.62. The van der Waals surface area contributed by atoms with Crippen LogP contribution < -0.4 is 0 Å². The van der Waals surface area contributed by atoms with Crippen LogP contribution in [0.1, 0.15) is 33.1 Å². The van der Waals surface area contributed by atoms with Crippen molar-refractivity contribution >= 4 is 5.97 Å². The third-order valence-corrected chi connectivity index (χ3v) is 7.97. The quantitative estimate of drug-likeness (QED) is 0.285. The lowest BCUT2D eigenvalue weighted by Gasteiger charge is -2.57. The van der Waals surface area contributed by atoms with Crippen molar-refractivity contribution in [2.75, 3.05) is 6.61 Å². The van der Waals surface area contributed by atoms with Crippen LogP contribution in [0.25, 0.3) is 0 Å². The molecule has 0 aromatic carbocycles. The number of esters is 1. The predicted octanol–water partition coefficient (Wildman–Crippen LogP) is -0.914. The first-order valence-electron chi connectivity index (χ1n) is 10.6. The summed E-state index contributed by atoms with van der Waals surface area (Å²) in [6.07, 6.45) is -6.84. The Labute approximate surface area is 175 Å². The van der Waals surface area contributed by atoms with E-state index in [1.165, 1.54) is 0 Å². The molecule has 0 unspecified atom stereocenters. The number of fused-ring (bicyclic) bond motifs is 3. The van der Waals surface area contributed by atoms with Gasteiger partial charge in [0.25, 0.3) is 0 Å². The normalized spacial score (nSPS) is 53.8. The molecule has 0 aromatic rings. The van der Waals surface area contributed by atoms with E-state index in [0.717, 1.165) is 0 Å². The largest absolute Gasteiger partial charge is 0.458 e. The lowest BCUT2D eigenvalue weighted by molar-refractivity contribution is -0.332. The second-order valence-corrected chi connectivity index (χ2v) is 9.56. The van der Waals surface area contributed by atoms with Gasteiger partial charge in [0.2, 0.25) is 0 Å². The molecule has 170 valence electrons. The zero-order valence-corrected chi connectivity index (χ0v) is 17.3. The van der Waals surface area contributed by atoms with Gasteiger partial charge >= 0.3 is 5.97 Å². The number of aliphatic hydroxyl groups excluding tert-OH is 5. The second kappa shape index (κ2) is 7.81. The topological polar surface area (TPSA) is 146 Å². The summed E-state index contributed by atoms with van der Waals surface area (Å²) in [7, 11) is 0. The molecule has 2 saturated carbocycles. The van der Waals surface area contributed by atoms with Crippen molar-refractivity contribution in [1.29, 1.82) is 0 Å². The number of aliphatic hydroxyl groups is 5. The Balaban J connectivity index is 1.60. The molecular formula is C21H32O9. The van der Waals surface area contributed by atoms with Crippen LogP contribution in [-0.4, -0.2) is 87.1 Å². The average molecular weight is 428 g/mol. The van der Waals surface area contributed by atoms with Gasteiger partial charge in [-0.15, -0.1) is 0 Å². The third kappa shape index (κ3) is 3.23. The minimum Gasteiger partial charge on any atom is -0.458 e. The SMILES string of the molecule is C=C1C(=O)O[C@@H]2[C@H]3[C@@H](C)[C@@H](O)C[C@@H](O[C@H]4O[C@H](CO)[C@H](O)[C@H](O)[C@H]4O)[C@]3(C)CC[C@@H]12. The van der Waals surface area contributed by atoms with Crippen LogP contribution in [0, 0.1) is 23.2 Å². The lowest BCUT2D eigenvalue weighted by Crippen LogP contribution is -2.63. The fourth-order valence-electron chi connectivity index (χ4n) is 6.07. The highest BCUT2D eigenvalue weighted by Crippen LogP contribution is 2.58. The Morgan fingerprint density at radius 3 is 2.57 bits per heavy atom. The summed E-state index contributed by atoms with van der Waals surface area (Å²) in [5, 5.41) is 50.7. The summed E-state index contributed by atoms with van der Waals surface area (Å²) in [5.74, 6) is -0.807. The number of rotatable bonds is 3. The van der Waals surface area contributed by atoms with Crippen molar-refractivity contribution in [3.05, 3.63) is 12.2 Å². The Kier molecular flexibility index (Phi) is 5.76. The zero-order chi connectivity index (χ0) is 22.0. The molecule has 4 aliphatic rings. The van der Waals surface area contributed by atoms with Crippen LogP contribution in [0.15, 0.2) is 12.2 Å². The van der Waals surface area contributed by atoms with Crippen molar-refractivity contribution in [1.82, 2.24) is 0 Å². The summed E-state index contributed by atoms with van der Waals surface area (Å²) >= 11 is 0. The fraction of sp³-hybridized carbons (Fsp3) is 0.857. The van der Waals surface area contributed by atoms with Crippen LogP contribution in [0.4, 0.5) is 0 Å². The zero-order valence-electron chi connectivity index (χ0n) is 17.3. The standard InChI is InChI=1S/C21H32O9/c1-8-10-4-5-21(3)13(6-11(23)9(2)14(21)18(10)30-19(8)27)29-20-17(26)16(25)15(24)12(7-22)28-20/h9-18,20,22-26H,1,4-7H2,2-3H3/t9-,10-,11-,12+,13+,14+,15-,16-,17+,18-,20+,21-/m0/s1. The molecule has 12 atom stereocenters. The molecule has 9 nitrogen and oxygen atoms in total. The van der Waals surface area contributed by atoms with Gasteiger partial charge in [0.1, 0.15) is 30.5 Å². The van der Waals surface area contributed by atoms with E-state index < -0.39 is 67.0 Å². The number of hydrogen-bond donors (Lipinski definition) is 5. The predicted molar refractivity (Wildman–Crippen MR) is 102 cm³/mol. The molecular weight excluding hydrogens is 396 g/mol. The molecule has 2 heterocycles. The van der Waals surface area contributed by atoms with Crippen LogP contribution >= 0.6 is 0 Å². The van der Waals surface area contributed by atoms with E-state index >= 15 is 0 Å². The summed E-state index contributed by atoms with van der Waals surface area (Å²) in [4.78, 5) is 12.1. The van der Waals surface area contributed by atoms with Gasteiger partial charge in [0.15, 0.2) is 6.29 Å². The minimum absolute atomic E-state index is 0.0868. The smallest absolute Gasteiger partial charge is 0.334 e. The number of hydrogen-bond acceptors (Lipinski definition) is 9. The minimum atomic E-state index is -1.54. The van der Waals surface area contributed by atoms with Gasteiger partial charge in [-0.3, -0.25) is 0 Å². The van der Waals surface area contributed by atoms with Crippen molar-refractivity contribution < 1.29 is 44.5 Å². The van der Waals surface area contributed by atoms with Gasteiger partial charge in [0, 0.05) is 29.2 Å².